The second-order valence-electron chi connectivity index (χ2n) is 3.93. The Bertz CT molecular complexity index is 644. The number of para-hydroxylation sites is 2. The molecule has 0 amide bonds. The van der Waals surface area contributed by atoms with Crippen LogP contribution >= 0.6 is 0 Å². The number of rotatable bonds is 3. The van der Waals surface area contributed by atoms with Crippen LogP contribution in [0.2, 0.25) is 0 Å². The Balaban J connectivity index is 2.34. The molecule has 0 fully saturated rings. The average molecular weight is 256 g/mol. The zero-order valence-electron chi connectivity index (χ0n) is 9.95. The quantitative estimate of drug-likeness (QED) is 0.448. The van der Waals surface area contributed by atoms with Crippen molar-refractivity contribution < 1.29 is 20.1 Å². The van der Waals surface area contributed by atoms with Crippen LogP contribution in [0.3, 0.4) is 0 Å². The van der Waals surface area contributed by atoms with Crippen LogP contribution in [0, 0.1) is 0 Å². The summed E-state index contributed by atoms with van der Waals surface area (Å²) in [5, 5.41) is 28.9. The van der Waals surface area contributed by atoms with E-state index in [1.165, 1.54) is 24.3 Å². The summed E-state index contributed by atoms with van der Waals surface area (Å²) in [6, 6.07) is 12.2. The van der Waals surface area contributed by atoms with Gasteiger partial charge in [0.1, 0.15) is 17.3 Å². The summed E-state index contributed by atoms with van der Waals surface area (Å²) in [6.07, 6.45) is 0.962. The van der Waals surface area contributed by atoms with E-state index in [2.05, 4.69) is 0 Å². The minimum Gasteiger partial charge on any atom is -0.507 e. The van der Waals surface area contributed by atoms with E-state index in [9.17, 15) is 20.1 Å². The molecule has 2 rings (SSSR count). The smallest absolute Gasteiger partial charge is 0.193 e. The molecule has 2 aromatic carbocycles. The van der Waals surface area contributed by atoms with Crippen molar-refractivity contribution in [1.82, 2.24) is 0 Å². The maximum absolute atomic E-state index is 11.9. The third-order valence-electron chi connectivity index (χ3n) is 2.62. The predicted octanol–water partition coefficient (Wildman–Crippen LogP) is 2.88. The van der Waals surface area contributed by atoms with Gasteiger partial charge in [-0.25, -0.2) is 0 Å². The van der Waals surface area contributed by atoms with Crippen molar-refractivity contribution in [3.05, 3.63) is 65.7 Å². The van der Waals surface area contributed by atoms with Crippen molar-refractivity contribution in [2.75, 3.05) is 0 Å². The molecule has 3 N–H and O–H groups in total. The largest absolute Gasteiger partial charge is 0.507 e. The zero-order valence-corrected chi connectivity index (χ0v) is 9.95. The molecular weight excluding hydrogens is 244 g/mol. The van der Waals surface area contributed by atoms with Crippen LogP contribution in [-0.2, 0) is 0 Å². The van der Waals surface area contributed by atoms with Crippen molar-refractivity contribution in [3.63, 3.8) is 0 Å². The average Bonchev–Trinajstić information content (AvgIpc) is 2.39. The number of allylic oxidation sites excluding steroid dienone is 1. The maximum Gasteiger partial charge on any atom is 0.193 e. The fraction of sp³-hybridized carbons (Fsp3) is 0. The molecule has 0 aliphatic carbocycles. The Morgan fingerprint density at radius 2 is 1.32 bits per heavy atom. The second-order valence-corrected chi connectivity index (χ2v) is 3.93. The Morgan fingerprint density at radius 3 is 1.84 bits per heavy atom. The van der Waals surface area contributed by atoms with Gasteiger partial charge < -0.3 is 15.3 Å². The second kappa shape index (κ2) is 5.27. The van der Waals surface area contributed by atoms with E-state index in [0.717, 1.165) is 6.08 Å². The van der Waals surface area contributed by atoms with Crippen LogP contribution in [0.15, 0.2) is 54.6 Å². The van der Waals surface area contributed by atoms with Gasteiger partial charge in [0.2, 0.25) is 0 Å². The van der Waals surface area contributed by atoms with Crippen molar-refractivity contribution in [1.29, 1.82) is 0 Å². The summed E-state index contributed by atoms with van der Waals surface area (Å²) in [5.41, 5.74) is 0.246. The number of phenols is 2. The number of hydrogen-bond acceptors (Lipinski definition) is 4. The number of carbonyl (C=O) groups excluding carboxylic acids is 1. The number of carbonyl (C=O) groups is 1. The molecule has 4 heteroatoms. The van der Waals surface area contributed by atoms with E-state index in [1.807, 2.05) is 0 Å². The van der Waals surface area contributed by atoms with Crippen LogP contribution < -0.4 is 0 Å². The summed E-state index contributed by atoms with van der Waals surface area (Å²) in [7, 11) is 0. The normalized spacial score (nSPS) is 11.3. The lowest BCUT2D eigenvalue weighted by Crippen LogP contribution is -1.97. The highest BCUT2D eigenvalue weighted by Crippen LogP contribution is 2.24. The SMILES string of the molecule is O=C(/C=C(\O)c1ccccc1O)c1ccccc1O. The number of benzene rings is 2. The van der Waals surface area contributed by atoms with E-state index in [4.69, 9.17) is 0 Å². The molecule has 19 heavy (non-hydrogen) atoms. The monoisotopic (exact) mass is 256 g/mol. The Kier molecular flexibility index (Phi) is 3.52. The fourth-order valence-corrected chi connectivity index (χ4v) is 1.65. The molecule has 0 radical (unpaired) electrons. The van der Waals surface area contributed by atoms with Gasteiger partial charge >= 0.3 is 0 Å². The van der Waals surface area contributed by atoms with E-state index in [0.29, 0.717) is 0 Å². The van der Waals surface area contributed by atoms with Gasteiger partial charge in [-0.3, -0.25) is 4.79 Å². The van der Waals surface area contributed by atoms with E-state index in [1.54, 1.807) is 24.3 Å². The summed E-state index contributed by atoms with van der Waals surface area (Å²) < 4.78 is 0. The molecule has 96 valence electrons. The Morgan fingerprint density at radius 1 is 0.842 bits per heavy atom. The van der Waals surface area contributed by atoms with Gasteiger partial charge in [-0.1, -0.05) is 24.3 Å². The first kappa shape index (κ1) is 12.7. The minimum absolute atomic E-state index is 0.0875. The number of aromatic hydroxyl groups is 2. The third kappa shape index (κ3) is 2.74. The highest BCUT2D eigenvalue weighted by molar-refractivity contribution is 6.09. The van der Waals surface area contributed by atoms with Crippen LogP contribution in [0.5, 0.6) is 11.5 Å². The number of hydrogen-bond donors (Lipinski definition) is 3. The predicted molar refractivity (Wildman–Crippen MR) is 71.1 cm³/mol. The molecule has 4 nitrogen and oxygen atoms in total. The third-order valence-corrected chi connectivity index (χ3v) is 2.62. The molecule has 0 atom stereocenters. The Labute approximate surface area is 109 Å². The number of phenolic OH excluding ortho intramolecular Hbond substituents is 2. The molecule has 0 unspecified atom stereocenters. The first-order valence-electron chi connectivity index (χ1n) is 5.61. The number of ketones is 1. The van der Waals surface area contributed by atoms with Crippen molar-refractivity contribution in [2.45, 2.75) is 0 Å². The molecule has 0 bridgehead atoms. The molecule has 0 spiro atoms. The van der Waals surface area contributed by atoms with Gasteiger partial charge in [-0.05, 0) is 24.3 Å². The molecule has 0 heterocycles. The topological polar surface area (TPSA) is 77.8 Å². The van der Waals surface area contributed by atoms with Crippen LogP contribution in [-0.4, -0.2) is 21.1 Å². The van der Waals surface area contributed by atoms with Gasteiger partial charge in [-0.2, -0.15) is 0 Å². The molecule has 0 aliphatic heterocycles. The van der Waals surface area contributed by atoms with Crippen molar-refractivity contribution in [2.24, 2.45) is 0 Å². The summed E-state index contributed by atoms with van der Waals surface area (Å²) in [4.78, 5) is 11.9. The molecule has 0 saturated heterocycles. The summed E-state index contributed by atoms with van der Waals surface area (Å²) >= 11 is 0. The van der Waals surface area contributed by atoms with Crippen molar-refractivity contribution >= 4 is 11.5 Å². The van der Waals surface area contributed by atoms with Gasteiger partial charge in [0.25, 0.3) is 0 Å². The lowest BCUT2D eigenvalue weighted by Gasteiger charge is -2.03. The van der Waals surface area contributed by atoms with Gasteiger partial charge in [0, 0.05) is 6.08 Å². The molecule has 0 saturated carbocycles. The van der Waals surface area contributed by atoms with Gasteiger partial charge in [0.15, 0.2) is 5.78 Å². The summed E-state index contributed by atoms with van der Waals surface area (Å²) in [5.74, 6) is -1.18. The van der Waals surface area contributed by atoms with Crippen LogP contribution in [0.4, 0.5) is 0 Å². The molecule has 0 aliphatic rings. The van der Waals surface area contributed by atoms with Crippen LogP contribution in [0.25, 0.3) is 5.76 Å². The molecule has 2 aromatic rings. The highest BCUT2D eigenvalue weighted by Gasteiger charge is 2.11. The maximum atomic E-state index is 11.9. The van der Waals surface area contributed by atoms with Gasteiger partial charge in [-0.15, -0.1) is 0 Å². The Hall–Kier alpha value is -2.75. The van der Waals surface area contributed by atoms with E-state index >= 15 is 0 Å². The standard InChI is InChI=1S/C15H12O4/c16-12-7-3-1-5-10(12)14(18)9-15(19)11-6-2-4-8-13(11)17/h1-9,16-18H/b14-9-. The fourth-order valence-electron chi connectivity index (χ4n) is 1.65. The minimum atomic E-state index is -0.543. The van der Waals surface area contributed by atoms with Crippen molar-refractivity contribution in [3.8, 4) is 11.5 Å². The zero-order chi connectivity index (χ0) is 13.8. The highest BCUT2D eigenvalue weighted by atomic mass is 16.3. The number of aliphatic hydroxyl groups excluding tert-OH is 1. The van der Waals surface area contributed by atoms with E-state index in [-0.39, 0.29) is 28.4 Å². The molecule has 0 aromatic heterocycles. The lowest BCUT2D eigenvalue weighted by atomic mass is 10.1. The first-order valence-corrected chi connectivity index (χ1v) is 5.61. The van der Waals surface area contributed by atoms with Crippen LogP contribution in [0.1, 0.15) is 15.9 Å². The number of aliphatic hydroxyl groups is 1. The summed E-state index contributed by atoms with van der Waals surface area (Å²) in [6.45, 7) is 0. The van der Waals surface area contributed by atoms with Gasteiger partial charge in [0.05, 0.1) is 11.1 Å². The lowest BCUT2D eigenvalue weighted by molar-refractivity contribution is 0.104. The van der Waals surface area contributed by atoms with E-state index < -0.39 is 5.78 Å². The molecular formula is C15H12O4. The first-order chi connectivity index (χ1) is 9.09.